The number of carbonyl (C=O) groups is 1. The molecule has 4 heteroatoms. The summed E-state index contributed by atoms with van der Waals surface area (Å²) in [5, 5.41) is 8.64. The smallest absolute Gasteiger partial charge is 0.317 e. The molecule has 1 N–H and O–H groups in total. The van der Waals surface area contributed by atoms with E-state index in [4.69, 9.17) is 9.84 Å². The van der Waals surface area contributed by atoms with Crippen molar-refractivity contribution < 1.29 is 14.6 Å². The van der Waals surface area contributed by atoms with Crippen LogP contribution in [0, 0.1) is 5.92 Å². The number of carboxylic acid groups (broad SMARTS) is 1. The van der Waals surface area contributed by atoms with Crippen LogP contribution in [-0.4, -0.2) is 48.8 Å². The Morgan fingerprint density at radius 2 is 2.27 bits per heavy atom. The van der Waals surface area contributed by atoms with Gasteiger partial charge in [0.2, 0.25) is 0 Å². The zero-order valence-electron chi connectivity index (χ0n) is 9.61. The van der Waals surface area contributed by atoms with Gasteiger partial charge in [0, 0.05) is 19.7 Å². The lowest BCUT2D eigenvalue weighted by molar-refractivity contribution is -0.138. The molecule has 0 aliphatic heterocycles. The van der Waals surface area contributed by atoms with Gasteiger partial charge in [0.25, 0.3) is 0 Å². The second-order valence-corrected chi connectivity index (χ2v) is 3.89. The quantitative estimate of drug-likeness (QED) is 0.464. The lowest BCUT2D eigenvalue weighted by atomic mass is 10.2. The average molecular weight is 215 g/mol. The van der Waals surface area contributed by atoms with Crippen molar-refractivity contribution in [2.24, 2.45) is 5.92 Å². The van der Waals surface area contributed by atoms with Crippen molar-refractivity contribution in [1.29, 1.82) is 0 Å². The van der Waals surface area contributed by atoms with Crippen molar-refractivity contribution in [3.8, 4) is 0 Å². The number of rotatable bonds is 9. The zero-order chi connectivity index (χ0) is 11.7. The fourth-order valence-corrected chi connectivity index (χ4v) is 1.12. The minimum atomic E-state index is -0.819. The van der Waals surface area contributed by atoms with E-state index in [1.165, 1.54) is 0 Å². The number of hydrogen-bond donors (Lipinski definition) is 1. The second-order valence-electron chi connectivity index (χ2n) is 3.89. The summed E-state index contributed by atoms with van der Waals surface area (Å²) in [4.78, 5) is 12.3. The molecule has 0 atom stereocenters. The fourth-order valence-electron chi connectivity index (χ4n) is 1.12. The van der Waals surface area contributed by atoms with Gasteiger partial charge in [-0.2, -0.15) is 0 Å². The standard InChI is InChI=1S/C11H21NO3/c1-4-5-12(8-11(13)14)6-7-15-9-10(2)3/h4,10H,1,5-9H2,2-3H3,(H,13,14). The van der Waals surface area contributed by atoms with Crippen molar-refractivity contribution >= 4 is 5.97 Å². The van der Waals surface area contributed by atoms with Gasteiger partial charge in [-0.15, -0.1) is 6.58 Å². The SMILES string of the molecule is C=CCN(CCOCC(C)C)CC(=O)O. The third kappa shape index (κ3) is 9.43. The van der Waals surface area contributed by atoms with Crippen LogP contribution in [0.4, 0.5) is 0 Å². The molecule has 0 saturated carbocycles. The largest absolute Gasteiger partial charge is 0.480 e. The molecule has 0 aromatic heterocycles. The molecule has 0 unspecified atom stereocenters. The third-order valence-corrected chi connectivity index (χ3v) is 1.75. The van der Waals surface area contributed by atoms with Gasteiger partial charge >= 0.3 is 5.97 Å². The van der Waals surface area contributed by atoms with Crippen LogP contribution in [0.2, 0.25) is 0 Å². The number of ether oxygens (including phenoxy) is 1. The molecular weight excluding hydrogens is 194 g/mol. The van der Waals surface area contributed by atoms with Crippen molar-refractivity contribution in [1.82, 2.24) is 4.90 Å². The Labute approximate surface area is 91.5 Å². The van der Waals surface area contributed by atoms with E-state index in [0.717, 1.165) is 6.61 Å². The van der Waals surface area contributed by atoms with E-state index >= 15 is 0 Å². The third-order valence-electron chi connectivity index (χ3n) is 1.75. The molecule has 4 nitrogen and oxygen atoms in total. The first-order valence-electron chi connectivity index (χ1n) is 5.19. The summed E-state index contributed by atoms with van der Waals surface area (Å²) in [5.41, 5.74) is 0. The highest BCUT2D eigenvalue weighted by Gasteiger charge is 2.07. The van der Waals surface area contributed by atoms with Crippen LogP contribution < -0.4 is 0 Å². The van der Waals surface area contributed by atoms with Gasteiger partial charge in [-0.1, -0.05) is 19.9 Å². The van der Waals surface area contributed by atoms with Gasteiger partial charge < -0.3 is 9.84 Å². The highest BCUT2D eigenvalue weighted by molar-refractivity contribution is 5.69. The van der Waals surface area contributed by atoms with Gasteiger partial charge in [-0.3, -0.25) is 9.69 Å². The Kier molecular flexibility index (Phi) is 7.95. The van der Waals surface area contributed by atoms with E-state index in [2.05, 4.69) is 20.4 Å². The van der Waals surface area contributed by atoms with E-state index in [1.54, 1.807) is 11.0 Å². The molecule has 0 radical (unpaired) electrons. The average Bonchev–Trinajstić information content (AvgIpc) is 2.11. The minimum absolute atomic E-state index is 0.0387. The molecular formula is C11H21NO3. The zero-order valence-corrected chi connectivity index (χ0v) is 9.61. The van der Waals surface area contributed by atoms with Crippen LogP contribution in [0.3, 0.4) is 0 Å². The van der Waals surface area contributed by atoms with Gasteiger partial charge in [0.15, 0.2) is 0 Å². The molecule has 0 heterocycles. The first kappa shape index (κ1) is 14.1. The lowest BCUT2D eigenvalue weighted by Gasteiger charge is -2.18. The molecule has 0 bridgehead atoms. The molecule has 0 saturated heterocycles. The van der Waals surface area contributed by atoms with Crippen molar-refractivity contribution in [3.63, 3.8) is 0 Å². The van der Waals surface area contributed by atoms with Gasteiger partial charge in [-0.05, 0) is 5.92 Å². The number of aliphatic carboxylic acids is 1. The molecule has 0 spiro atoms. The number of nitrogens with zero attached hydrogens (tertiary/aromatic N) is 1. The van der Waals surface area contributed by atoms with Crippen molar-refractivity contribution in [2.75, 3.05) is 32.8 Å². The summed E-state index contributed by atoms with van der Waals surface area (Å²) >= 11 is 0. The normalized spacial score (nSPS) is 10.9. The van der Waals surface area contributed by atoms with Crippen LogP contribution in [-0.2, 0) is 9.53 Å². The second kappa shape index (κ2) is 8.44. The maximum Gasteiger partial charge on any atom is 0.317 e. The molecule has 0 aromatic carbocycles. The van der Waals surface area contributed by atoms with Gasteiger partial charge in [-0.25, -0.2) is 0 Å². The van der Waals surface area contributed by atoms with E-state index in [0.29, 0.717) is 25.6 Å². The van der Waals surface area contributed by atoms with Crippen molar-refractivity contribution in [3.05, 3.63) is 12.7 Å². The highest BCUT2D eigenvalue weighted by atomic mass is 16.5. The summed E-state index contributed by atoms with van der Waals surface area (Å²) < 4.78 is 5.38. The van der Waals surface area contributed by atoms with E-state index in [9.17, 15) is 4.79 Å². The predicted molar refractivity (Wildman–Crippen MR) is 59.9 cm³/mol. The Morgan fingerprint density at radius 3 is 2.73 bits per heavy atom. The summed E-state index contributed by atoms with van der Waals surface area (Å²) in [6.07, 6.45) is 1.70. The summed E-state index contributed by atoms with van der Waals surface area (Å²) in [6.45, 7) is 10.3. The maximum absolute atomic E-state index is 10.5. The van der Waals surface area contributed by atoms with Crippen LogP contribution in [0.1, 0.15) is 13.8 Å². The Balaban J connectivity index is 3.65. The predicted octanol–water partition coefficient (Wildman–Crippen LogP) is 1.23. The molecule has 88 valence electrons. The van der Waals surface area contributed by atoms with Crippen LogP contribution >= 0.6 is 0 Å². The molecule has 0 aliphatic rings. The van der Waals surface area contributed by atoms with Gasteiger partial charge in [0.1, 0.15) is 0 Å². The summed E-state index contributed by atoms with van der Waals surface area (Å²) in [6, 6.07) is 0. The molecule has 0 aromatic rings. The Bertz CT molecular complexity index is 192. The topological polar surface area (TPSA) is 49.8 Å². The van der Waals surface area contributed by atoms with E-state index < -0.39 is 5.97 Å². The van der Waals surface area contributed by atoms with Crippen molar-refractivity contribution in [2.45, 2.75) is 13.8 Å². The van der Waals surface area contributed by atoms with Gasteiger partial charge in [0.05, 0.1) is 13.2 Å². The summed E-state index contributed by atoms with van der Waals surface area (Å²) in [5.74, 6) is -0.307. The molecule has 0 fully saturated rings. The molecule has 0 aliphatic carbocycles. The van der Waals surface area contributed by atoms with Crippen LogP contribution in [0.15, 0.2) is 12.7 Å². The van der Waals surface area contributed by atoms with E-state index in [1.807, 2.05) is 0 Å². The monoisotopic (exact) mass is 215 g/mol. The Morgan fingerprint density at radius 1 is 1.60 bits per heavy atom. The van der Waals surface area contributed by atoms with Crippen LogP contribution in [0.25, 0.3) is 0 Å². The number of carboxylic acids is 1. The first-order chi connectivity index (χ1) is 7.06. The summed E-state index contributed by atoms with van der Waals surface area (Å²) in [7, 11) is 0. The molecule has 0 rings (SSSR count). The highest BCUT2D eigenvalue weighted by Crippen LogP contribution is 1.94. The molecule has 15 heavy (non-hydrogen) atoms. The van der Waals surface area contributed by atoms with Crippen LogP contribution in [0.5, 0.6) is 0 Å². The molecule has 0 amide bonds. The number of hydrogen-bond acceptors (Lipinski definition) is 3. The Hall–Kier alpha value is -0.870. The lowest BCUT2D eigenvalue weighted by Crippen LogP contribution is -2.33. The van der Waals surface area contributed by atoms with E-state index in [-0.39, 0.29) is 6.54 Å². The maximum atomic E-state index is 10.5. The first-order valence-corrected chi connectivity index (χ1v) is 5.19. The minimum Gasteiger partial charge on any atom is -0.480 e. The fraction of sp³-hybridized carbons (Fsp3) is 0.727.